The van der Waals surface area contributed by atoms with Crippen LogP contribution < -0.4 is 10.6 Å². The van der Waals surface area contributed by atoms with Crippen molar-refractivity contribution in [3.8, 4) is 0 Å². The molecule has 1 aliphatic carbocycles. The topological polar surface area (TPSA) is 66.9 Å². The summed E-state index contributed by atoms with van der Waals surface area (Å²) in [6.07, 6.45) is 9.80. The molecule has 0 unspecified atom stereocenters. The molecular formula is C17H26N4O. The van der Waals surface area contributed by atoms with Crippen molar-refractivity contribution in [2.75, 3.05) is 18.4 Å². The second-order valence-electron chi connectivity index (χ2n) is 6.15. The molecule has 22 heavy (non-hydrogen) atoms. The van der Waals surface area contributed by atoms with Crippen molar-refractivity contribution in [2.45, 2.75) is 46.0 Å². The van der Waals surface area contributed by atoms with Gasteiger partial charge in [0.1, 0.15) is 5.69 Å². The first-order valence-corrected chi connectivity index (χ1v) is 8.18. The number of rotatable bonds is 7. The fraction of sp³-hybridized carbons (Fsp3) is 0.588. The molecule has 2 N–H and O–H groups in total. The third kappa shape index (κ3) is 5.47. The van der Waals surface area contributed by atoms with Crippen LogP contribution in [0.1, 0.15) is 56.4 Å². The van der Waals surface area contributed by atoms with E-state index >= 15 is 0 Å². The van der Waals surface area contributed by atoms with Gasteiger partial charge in [0, 0.05) is 19.3 Å². The molecule has 1 aromatic heterocycles. The fourth-order valence-corrected chi connectivity index (χ4v) is 2.42. The average molecular weight is 302 g/mol. The second-order valence-corrected chi connectivity index (χ2v) is 6.15. The highest BCUT2D eigenvalue weighted by molar-refractivity contribution is 5.92. The Bertz CT molecular complexity index is 525. The van der Waals surface area contributed by atoms with Gasteiger partial charge in [-0.1, -0.05) is 25.5 Å². The molecule has 0 bridgehead atoms. The molecule has 0 fully saturated rings. The molecule has 0 saturated heterocycles. The molecule has 0 atom stereocenters. The summed E-state index contributed by atoms with van der Waals surface area (Å²) in [4.78, 5) is 20.5. The van der Waals surface area contributed by atoms with Crippen molar-refractivity contribution in [3.05, 3.63) is 29.6 Å². The Morgan fingerprint density at radius 3 is 2.95 bits per heavy atom. The summed E-state index contributed by atoms with van der Waals surface area (Å²) in [5.41, 5.74) is 1.88. The quantitative estimate of drug-likeness (QED) is 0.759. The first kappa shape index (κ1) is 16.5. The minimum atomic E-state index is -0.133. The van der Waals surface area contributed by atoms with Gasteiger partial charge in [0.25, 0.3) is 5.91 Å². The summed E-state index contributed by atoms with van der Waals surface area (Å²) in [6.45, 7) is 5.69. The number of amides is 1. The molecule has 5 nitrogen and oxygen atoms in total. The number of hydrogen-bond acceptors (Lipinski definition) is 4. The van der Waals surface area contributed by atoms with Crippen LogP contribution in [0.25, 0.3) is 0 Å². The minimum Gasteiger partial charge on any atom is -0.354 e. The molecule has 5 heteroatoms. The van der Waals surface area contributed by atoms with Crippen molar-refractivity contribution < 1.29 is 4.79 Å². The molecule has 1 heterocycles. The lowest BCUT2D eigenvalue weighted by Crippen LogP contribution is -2.26. The SMILES string of the molecule is CC(C)CNc1nccc(C(=O)NCCC2=CCCCC2)n1. The van der Waals surface area contributed by atoms with Crippen molar-refractivity contribution >= 4 is 11.9 Å². The predicted octanol–water partition coefficient (Wildman–Crippen LogP) is 3.16. The summed E-state index contributed by atoms with van der Waals surface area (Å²) in [6, 6.07) is 1.65. The molecule has 0 spiro atoms. The van der Waals surface area contributed by atoms with Crippen LogP contribution >= 0.6 is 0 Å². The molecule has 0 aromatic carbocycles. The number of allylic oxidation sites excluding steroid dienone is 1. The highest BCUT2D eigenvalue weighted by Gasteiger charge is 2.09. The van der Waals surface area contributed by atoms with Gasteiger partial charge in [-0.2, -0.15) is 0 Å². The molecule has 1 aliphatic rings. The monoisotopic (exact) mass is 302 g/mol. The van der Waals surface area contributed by atoms with Crippen LogP contribution in [0.4, 0.5) is 5.95 Å². The summed E-state index contributed by atoms with van der Waals surface area (Å²) in [7, 11) is 0. The largest absolute Gasteiger partial charge is 0.354 e. The molecule has 1 aromatic rings. The normalized spacial score (nSPS) is 14.6. The van der Waals surface area contributed by atoms with Gasteiger partial charge in [-0.05, 0) is 44.1 Å². The van der Waals surface area contributed by atoms with Crippen LogP contribution in [-0.2, 0) is 0 Å². The van der Waals surface area contributed by atoms with Crippen LogP contribution in [-0.4, -0.2) is 29.0 Å². The van der Waals surface area contributed by atoms with Crippen molar-refractivity contribution in [1.82, 2.24) is 15.3 Å². The molecule has 0 radical (unpaired) electrons. The lowest BCUT2D eigenvalue weighted by atomic mass is 9.97. The van der Waals surface area contributed by atoms with Crippen molar-refractivity contribution in [3.63, 3.8) is 0 Å². The van der Waals surface area contributed by atoms with Crippen LogP contribution in [0.3, 0.4) is 0 Å². The van der Waals surface area contributed by atoms with E-state index in [2.05, 4.69) is 40.5 Å². The first-order chi connectivity index (χ1) is 10.6. The summed E-state index contributed by atoms with van der Waals surface area (Å²) >= 11 is 0. The van der Waals surface area contributed by atoms with Crippen LogP contribution in [0, 0.1) is 5.92 Å². The van der Waals surface area contributed by atoms with Gasteiger partial charge in [-0.3, -0.25) is 4.79 Å². The molecule has 0 saturated carbocycles. The van der Waals surface area contributed by atoms with Crippen LogP contribution in [0.5, 0.6) is 0 Å². The lowest BCUT2D eigenvalue weighted by molar-refractivity contribution is 0.0949. The summed E-state index contributed by atoms with van der Waals surface area (Å²) < 4.78 is 0. The van der Waals surface area contributed by atoms with E-state index in [4.69, 9.17) is 0 Å². The van der Waals surface area contributed by atoms with E-state index in [1.165, 1.54) is 31.3 Å². The highest BCUT2D eigenvalue weighted by atomic mass is 16.1. The zero-order valence-electron chi connectivity index (χ0n) is 13.6. The number of hydrogen-bond donors (Lipinski definition) is 2. The van der Waals surface area contributed by atoms with Gasteiger partial charge in [-0.25, -0.2) is 9.97 Å². The molecule has 2 rings (SSSR count). The first-order valence-electron chi connectivity index (χ1n) is 8.18. The summed E-state index contributed by atoms with van der Waals surface area (Å²) in [5.74, 6) is 0.882. The molecular weight excluding hydrogens is 276 g/mol. The number of aromatic nitrogens is 2. The highest BCUT2D eigenvalue weighted by Crippen LogP contribution is 2.19. The molecule has 0 aliphatic heterocycles. The van der Waals surface area contributed by atoms with E-state index < -0.39 is 0 Å². The Hall–Kier alpha value is -1.91. The predicted molar refractivity (Wildman–Crippen MR) is 88.9 cm³/mol. The maximum atomic E-state index is 12.1. The standard InChI is InChI=1S/C17H26N4O/c1-13(2)12-20-17-19-11-9-15(21-17)16(22)18-10-8-14-6-4-3-5-7-14/h6,9,11,13H,3-5,7-8,10,12H2,1-2H3,(H,18,22)(H,19,20,21). The van der Waals surface area contributed by atoms with Crippen LogP contribution in [0.15, 0.2) is 23.9 Å². The van der Waals surface area contributed by atoms with E-state index in [1.807, 2.05) is 0 Å². The zero-order chi connectivity index (χ0) is 15.8. The Labute approximate surface area is 132 Å². The number of carbonyl (C=O) groups is 1. The minimum absolute atomic E-state index is 0.133. The smallest absolute Gasteiger partial charge is 0.270 e. The average Bonchev–Trinajstić information content (AvgIpc) is 2.54. The van der Waals surface area contributed by atoms with Gasteiger partial charge in [0.15, 0.2) is 0 Å². The van der Waals surface area contributed by atoms with E-state index in [0.717, 1.165) is 13.0 Å². The Morgan fingerprint density at radius 2 is 2.23 bits per heavy atom. The Balaban J connectivity index is 1.81. The third-order valence-electron chi connectivity index (χ3n) is 3.67. The van der Waals surface area contributed by atoms with Gasteiger partial charge < -0.3 is 10.6 Å². The van der Waals surface area contributed by atoms with Gasteiger partial charge in [0.05, 0.1) is 0 Å². The van der Waals surface area contributed by atoms with Crippen molar-refractivity contribution in [1.29, 1.82) is 0 Å². The van der Waals surface area contributed by atoms with E-state index in [1.54, 1.807) is 12.3 Å². The molecule has 1 amide bonds. The zero-order valence-corrected chi connectivity index (χ0v) is 13.6. The maximum Gasteiger partial charge on any atom is 0.270 e. The second kappa shape index (κ2) is 8.51. The lowest BCUT2D eigenvalue weighted by Gasteiger charge is -2.13. The molecule has 120 valence electrons. The third-order valence-corrected chi connectivity index (χ3v) is 3.67. The van der Waals surface area contributed by atoms with Gasteiger partial charge >= 0.3 is 0 Å². The van der Waals surface area contributed by atoms with E-state index in [9.17, 15) is 4.79 Å². The number of anilines is 1. The number of nitrogens with zero attached hydrogens (tertiary/aromatic N) is 2. The number of nitrogens with one attached hydrogen (secondary N) is 2. The van der Waals surface area contributed by atoms with E-state index in [-0.39, 0.29) is 5.91 Å². The van der Waals surface area contributed by atoms with Crippen molar-refractivity contribution in [2.24, 2.45) is 5.92 Å². The Kier molecular flexibility index (Phi) is 6.37. The maximum absolute atomic E-state index is 12.1. The Morgan fingerprint density at radius 1 is 1.36 bits per heavy atom. The summed E-state index contributed by atoms with van der Waals surface area (Å²) in [5, 5.41) is 6.08. The number of carbonyl (C=O) groups excluding carboxylic acids is 1. The van der Waals surface area contributed by atoms with Gasteiger partial charge in [0.2, 0.25) is 5.95 Å². The van der Waals surface area contributed by atoms with Gasteiger partial charge in [-0.15, -0.1) is 0 Å². The van der Waals surface area contributed by atoms with E-state index in [0.29, 0.717) is 24.1 Å². The van der Waals surface area contributed by atoms with Crippen LogP contribution in [0.2, 0.25) is 0 Å². The fourth-order valence-electron chi connectivity index (χ4n) is 2.42.